The third-order valence-corrected chi connectivity index (χ3v) is 2.26. The van der Waals surface area contributed by atoms with Crippen LogP contribution in [0.1, 0.15) is 26.2 Å². The quantitative estimate of drug-likeness (QED) is 0.711. The van der Waals surface area contributed by atoms with Crippen LogP contribution in [0.3, 0.4) is 0 Å². The molecule has 14 heavy (non-hydrogen) atoms. The molecule has 0 bridgehead atoms. The Morgan fingerprint density at radius 3 is 2.86 bits per heavy atom. The van der Waals surface area contributed by atoms with E-state index >= 15 is 0 Å². The zero-order chi connectivity index (χ0) is 10.6. The Bertz CT molecular complexity index is 281. The topological polar surface area (TPSA) is 69.9 Å². The fourth-order valence-electron chi connectivity index (χ4n) is 1.40. The summed E-state index contributed by atoms with van der Waals surface area (Å²) in [7, 11) is 0. The van der Waals surface area contributed by atoms with Gasteiger partial charge in [0.25, 0.3) is 0 Å². The number of aliphatic imine (C=N–C) groups is 1. The second-order valence-corrected chi connectivity index (χ2v) is 3.26. The fraction of sp³-hybridized carbons (Fsp3) is 0.600. The SMILES string of the molecule is CCC1=C(O)C(=O)C(CCCO)C=N1. The lowest BCUT2D eigenvalue weighted by molar-refractivity contribution is -0.120. The number of carbonyl (C=O) groups is 1. The average Bonchev–Trinajstić information content (AvgIpc) is 2.20. The number of hydrogen-bond acceptors (Lipinski definition) is 4. The van der Waals surface area contributed by atoms with Gasteiger partial charge in [-0.15, -0.1) is 0 Å². The van der Waals surface area contributed by atoms with Crippen molar-refractivity contribution < 1.29 is 15.0 Å². The molecule has 0 aromatic carbocycles. The van der Waals surface area contributed by atoms with Gasteiger partial charge >= 0.3 is 0 Å². The smallest absolute Gasteiger partial charge is 0.207 e. The van der Waals surface area contributed by atoms with Crippen molar-refractivity contribution in [1.82, 2.24) is 0 Å². The van der Waals surface area contributed by atoms with Crippen LogP contribution in [-0.4, -0.2) is 28.8 Å². The minimum absolute atomic E-state index is 0.0583. The highest BCUT2D eigenvalue weighted by Gasteiger charge is 2.25. The lowest BCUT2D eigenvalue weighted by Crippen LogP contribution is -2.23. The molecule has 4 nitrogen and oxygen atoms in total. The van der Waals surface area contributed by atoms with E-state index in [0.717, 1.165) is 0 Å². The fourth-order valence-corrected chi connectivity index (χ4v) is 1.40. The predicted octanol–water partition coefficient (Wildman–Crippen LogP) is 1.21. The summed E-state index contributed by atoms with van der Waals surface area (Å²) < 4.78 is 0. The van der Waals surface area contributed by atoms with Crippen LogP contribution in [0, 0.1) is 5.92 Å². The van der Waals surface area contributed by atoms with Crippen molar-refractivity contribution in [1.29, 1.82) is 0 Å². The first-order chi connectivity index (χ1) is 6.70. The van der Waals surface area contributed by atoms with Crippen LogP contribution in [-0.2, 0) is 4.79 Å². The van der Waals surface area contributed by atoms with Gasteiger partial charge in [-0.05, 0) is 19.3 Å². The van der Waals surface area contributed by atoms with Crippen LogP contribution < -0.4 is 0 Å². The molecule has 1 rings (SSSR count). The highest BCUT2D eigenvalue weighted by molar-refractivity contribution is 6.06. The van der Waals surface area contributed by atoms with Gasteiger partial charge in [0.05, 0.1) is 11.6 Å². The van der Waals surface area contributed by atoms with Gasteiger partial charge in [-0.2, -0.15) is 0 Å². The van der Waals surface area contributed by atoms with Crippen molar-refractivity contribution >= 4 is 12.0 Å². The van der Waals surface area contributed by atoms with Crippen molar-refractivity contribution in [2.75, 3.05) is 6.61 Å². The molecule has 0 radical (unpaired) electrons. The van der Waals surface area contributed by atoms with E-state index in [2.05, 4.69) is 4.99 Å². The second kappa shape index (κ2) is 4.91. The predicted molar refractivity (Wildman–Crippen MR) is 53.3 cm³/mol. The third-order valence-electron chi connectivity index (χ3n) is 2.26. The summed E-state index contributed by atoms with van der Waals surface area (Å²) in [5.74, 6) is -0.847. The van der Waals surface area contributed by atoms with E-state index in [-0.39, 0.29) is 24.1 Å². The van der Waals surface area contributed by atoms with E-state index in [1.165, 1.54) is 0 Å². The molecule has 1 aliphatic rings. The largest absolute Gasteiger partial charge is 0.503 e. The molecule has 78 valence electrons. The molecule has 1 unspecified atom stereocenters. The van der Waals surface area contributed by atoms with Crippen molar-refractivity contribution in [3.63, 3.8) is 0 Å². The molecule has 0 saturated heterocycles. The van der Waals surface area contributed by atoms with Gasteiger partial charge in [-0.25, -0.2) is 0 Å². The molecule has 1 aliphatic heterocycles. The summed E-state index contributed by atoms with van der Waals surface area (Å²) in [5, 5.41) is 18.1. The number of nitrogens with zero attached hydrogens (tertiary/aromatic N) is 1. The molecule has 1 heterocycles. The van der Waals surface area contributed by atoms with Gasteiger partial charge in [-0.1, -0.05) is 6.92 Å². The van der Waals surface area contributed by atoms with E-state index < -0.39 is 0 Å². The minimum Gasteiger partial charge on any atom is -0.503 e. The van der Waals surface area contributed by atoms with Crippen LogP contribution in [0.4, 0.5) is 0 Å². The van der Waals surface area contributed by atoms with E-state index in [1.807, 2.05) is 6.92 Å². The molecule has 1 atom stereocenters. The van der Waals surface area contributed by atoms with Gasteiger partial charge in [0.1, 0.15) is 0 Å². The molecule has 0 saturated carbocycles. The Kier molecular flexibility index (Phi) is 3.83. The summed E-state index contributed by atoms with van der Waals surface area (Å²) in [5.41, 5.74) is 0.454. The monoisotopic (exact) mass is 197 g/mol. The molecule has 0 amide bonds. The zero-order valence-electron chi connectivity index (χ0n) is 8.23. The Hall–Kier alpha value is -1.16. The normalized spacial score (nSPS) is 21.9. The van der Waals surface area contributed by atoms with Gasteiger partial charge < -0.3 is 10.2 Å². The maximum absolute atomic E-state index is 11.5. The van der Waals surface area contributed by atoms with E-state index in [0.29, 0.717) is 25.0 Å². The zero-order valence-corrected chi connectivity index (χ0v) is 8.23. The third kappa shape index (κ3) is 2.20. The molecule has 2 N–H and O–H groups in total. The molecule has 0 aliphatic carbocycles. The van der Waals surface area contributed by atoms with Crippen LogP contribution in [0.25, 0.3) is 0 Å². The lowest BCUT2D eigenvalue weighted by atomic mass is 9.95. The number of hydrogen-bond donors (Lipinski definition) is 2. The number of aliphatic hydroxyl groups is 2. The van der Waals surface area contributed by atoms with E-state index in [9.17, 15) is 9.90 Å². The van der Waals surface area contributed by atoms with Gasteiger partial charge in [-0.3, -0.25) is 9.79 Å². The summed E-state index contributed by atoms with van der Waals surface area (Å²) in [6.07, 6.45) is 3.22. The van der Waals surface area contributed by atoms with E-state index in [1.54, 1.807) is 6.21 Å². The summed E-state index contributed by atoms with van der Waals surface area (Å²) in [6.45, 7) is 1.90. The standard InChI is InChI=1S/C10H15NO3/c1-2-8-10(14)9(13)7(6-11-8)4-3-5-12/h6-7,12,14H,2-5H2,1H3. The highest BCUT2D eigenvalue weighted by Crippen LogP contribution is 2.20. The first-order valence-corrected chi connectivity index (χ1v) is 4.82. The maximum atomic E-state index is 11.5. The van der Waals surface area contributed by atoms with Crippen molar-refractivity contribution in [2.45, 2.75) is 26.2 Å². The van der Waals surface area contributed by atoms with Crippen LogP contribution in [0.15, 0.2) is 16.4 Å². The molecular weight excluding hydrogens is 182 g/mol. The number of ketones is 1. The van der Waals surface area contributed by atoms with Crippen molar-refractivity contribution in [3.05, 3.63) is 11.5 Å². The molecule has 0 aromatic heterocycles. The Balaban J connectivity index is 2.68. The van der Waals surface area contributed by atoms with Crippen LogP contribution in [0.2, 0.25) is 0 Å². The lowest BCUT2D eigenvalue weighted by Gasteiger charge is -2.15. The molecule has 0 fully saturated rings. The summed E-state index contributed by atoms with van der Waals surface area (Å²) >= 11 is 0. The Morgan fingerprint density at radius 2 is 2.29 bits per heavy atom. The minimum atomic E-state index is -0.363. The number of rotatable bonds is 4. The second-order valence-electron chi connectivity index (χ2n) is 3.26. The van der Waals surface area contributed by atoms with Gasteiger partial charge in [0.15, 0.2) is 5.76 Å². The number of allylic oxidation sites excluding steroid dienone is 2. The summed E-state index contributed by atoms with van der Waals surface area (Å²) in [4.78, 5) is 15.5. The molecular formula is C10H15NO3. The average molecular weight is 197 g/mol. The first kappa shape index (κ1) is 10.9. The van der Waals surface area contributed by atoms with Crippen molar-refractivity contribution in [3.8, 4) is 0 Å². The van der Waals surface area contributed by atoms with Gasteiger partial charge in [0, 0.05) is 12.8 Å². The Labute approximate surface area is 83.0 Å². The highest BCUT2D eigenvalue weighted by atomic mass is 16.3. The number of Topliss-reactive ketones (excluding diaryl/α,β-unsaturated/α-hetero) is 1. The van der Waals surface area contributed by atoms with Gasteiger partial charge in [0.2, 0.25) is 5.78 Å². The maximum Gasteiger partial charge on any atom is 0.207 e. The number of carbonyl (C=O) groups excluding carboxylic acids is 1. The Morgan fingerprint density at radius 1 is 1.57 bits per heavy atom. The molecule has 0 aromatic rings. The van der Waals surface area contributed by atoms with Crippen LogP contribution in [0.5, 0.6) is 0 Å². The van der Waals surface area contributed by atoms with Crippen molar-refractivity contribution in [2.24, 2.45) is 10.9 Å². The number of aliphatic hydroxyl groups excluding tert-OH is 2. The summed E-state index contributed by atoms with van der Waals surface area (Å²) in [6, 6.07) is 0. The van der Waals surface area contributed by atoms with E-state index in [4.69, 9.17) is 5.11 Å². The van der Waals surface area contributed by atoms with Crippen LogP contribution >= 0.6 is 0 Å². The molecule has 4 heteroatoms. The first-order valence-electron chi connectivity index (χ1n) is 4.82. The molecule has 0 spiro atoms.